The van der Waals surface area contributed by atoms with Gasteiger partial charge in [-0.05, 0) is 37.5 Å². The number of nitrogens with one attached hydrogen (secondary N) is 1. The maximum Gasteiger partial charge on any atom is 0.254 e. The Balaban J connectivity index is 2.08. The molecule has 7 heteroatoms. The summed E-state index contributed by atoms with van der Waals surface area (Å²) in [7, 11) is 0. The van der Waals surface area contributed by atoms with E-state index in [1.54, 1.807) is 23.1 Å². The monoisotopic (exact) mass is 332 g/mol. The third-order valence-electron chi connectivity index (χ3n) is 4.19. The Labute approximate surface area is 141 Å². The quantitative estimate of drug-likeness (QED) is 0.691. The number of likely N-dealkylation sites (tertiary alicyclic amines) is 1. The molecule has 0 aliphatic carbocycles. The van der Waals surface area contributed by atoms with Gasteiger partial charge in [-0.15, -0.1) is 0 Å². The van der Waals surface area contributed by atoms with Crippen molar-refractivity contribution in [1.29, 1.82) is 0 Å². The van der Waals surface area contributed by atoms with Crippen molar-refractivity contribution in [3.05, 3.63) is 35.4 Å². The number of primary amides is 1. The van der Waals surface area contributed by atoms with Gasteiger partial charge in [0.1, 0.15) is 0 Å². The molecule has 7 nitrogen and oxygen atoms in total. The normalized spacial score (nSPS) is 17.4. The summed E-state index contributed by atoms with van der Waals surface area (Å²) in [5.74, 6) is -0.809. The van der Waals surface area contributed by atoms with Crippen molar-refractivity contribution in [2.24, 2.45) is 11.5 Å². The fourth-order valence-corrected chi connectivity index (χ4v) is 2.90. The van der Waals surface area contributed by atoms with Crippen molar-refractivity contribution in [3.63, 3.8) is 0 Å². The lowest BCUT2D eigenvalue weighted by Crippen LogP contribution is -2.49. The van der Waals surface area contributed by atoms with Crippen LogP contribution >= 0.6 is 0 Å². The third-order valence-corrected chi connectivity index (χ3v) is 4.19. The second kappa shape index (κ2) is 8.44. The Bertz CT molecular complexity index is 618. The minimum Gasteiger partial charge on any atom is -0.366 e. The highest BCUT2D eigenvalue weighted by atomic mass is 16.2. The van der Waals surface area contributed by atoms with Crippen molar-refractivity contribution in [1.82, 2.24) is 10.2 Å². The first kappa shape index (κ1) is 17.9. The Morgan fingerprint density at radius 2 is 1.96 bits per heavy atom. The van der Waals surface area contributed by atoms with E-state index in [1.807, 2.05) is 0 Å². The summed E-state index contributed by atoms with van der Waals surface area (Å²) in [6.45, 7) is 1.36. The molecule has 1 fully saturated rings. The van der Waals surface area contributed by atoms with E-state index in [9.17, 15) is 14.4 Å². The molecular weight excluding hydrogens is 308 g/mol. The van der Waals surface area contributed by atoms with Crippen LogP contribution in [0.25, 0.3) is 0 Å². The average Bonchev–Trinajstić information content (AvgIpc) is 2.60. The number of hydrogen-bond donors (Lipinski definition) is 3. The van der Waals surface area contributed by atoms with E-state index < -0.39 is 5.91 Å². The van der Waals surface area contributed by atoms with E-state index >= 15 is 0 Å². The second-order valence-corrected chi connectivity index (χ2v) is 5.94. The summed E-state index contributed by atoms with van der Waals surface area (Å²) in [5, 5.41) is 2.83. The predicted molar refractivity (Wildman–Crippen MR) is 90.3 cm³/mol. The van der Waals surface area contributed by atoms with Gasteiger partial charge < -0.3 is 21.7 Å². The van der Waals surface area contributed by atoms with Crippen molar-refractivity contribution < 1.29 is 14.4 Å². The van der Waals surface area contributed by atoms with E-state index in [4.69, 9.17) is 11.5 Å². The lowest BCUT2D eigenvalue weighted by Gasteiger charge is -2.36. The molecule has 3 amide bonds. The van der Waals surface area contributed by atoms with Crippen LogP contribution in [-0.4, -0.2) is 48.3 Å². The zero-order valence-electron chi connectivity index (χ0n) is 13.7. The van der Waals surface area contributed by atoms with Crippen molar-refractivity contribution in [3.8, 4) is 0 Å². The van der Waals surface area contributed by atoms with Gasteiger partial charge in [-0.1, -0.05) is 6.07 Å². The number of carbonyl (C=O) groups is 3. The zero-order chi connectivity index (χ0) is 17.5. The maximum atomic E-state index is 12.8. The standard InChI is InChI=1S/C17H24N4O3/c18-8-7-15(22)20-11-14-6-1-2-9-21(14)17(24)13-5-3-4-12(10-13)16(19)23/h3-5,10,14H,1-2,6-9,11,18H2,(H2,19,23)(H,20,22). The fourth-order valence-electron chi connectivity index (χ4n) is 2.90. The number of nitrogens with two attached hydrogens (primary N) is 2. The number of benzene rings is 1. The summed E-state index contributed by atoms with van der Waals surface area (Å²) in [6, 6.07) is 6.37. The van der Waals surface area contributed by atoms with Crippen LogP contribution in [0.5, 0.6) is 0 Å². The molecule has 2 rings (SSSR count). The van der Waals surface area contributed by atoms with Crippen LogP contribution < -0.4 is 16.8 Å². The lowest BCUT2D eigenvalue weighted by molar-refractivity contribution is -0.121. The van der Waals surface area contributed by atoms with Gasteiger partial charge in [0.2, 0.25) is 11.8 Å². The largest absolute Gasteiger partial charge is 0.366 e. The van der Waals surface area contributed by atoms with E-state index in [2.05, 4.69) is 5.32 Å². The van der Waals surface area contributed by atoms with Gasteiger partial charge in [0.15, 0.2) is 0 Å². The summed E-state index contributed by atoms with van der Waals surface area (Å²) < 4.78 is 0. The molecule has 24 heavy (non-hydrogen) atoms. The first-order valence-corrected chi connectivity index (χ1v) is 8.20. The molecule has 1 atom stereocenters. The molecular formula is C17H24N4O3. The highest BCUT2D eigenvalue weighted by Crippen LogP contribution is 2.20. The molecule has 1 unspecified atom stereocenters. The molecule has 1 aromatic rings. The Morgan fingerprint density at radius 3 is 2.67 bits per heavy atom. The van der Waals surface area contributed by atoms with Gasteiger partial charge in [-0.25, -0.2) is 0 Å². The Morgan fingerprint density at radius 1 is 1.21 bits per heavy atom. The minimum absolute atomic E-state index is 0.0507. The molecule has 130 valence electrons. The highest BCUT2D eigenvalue weighted by molar-refractivity contribution is 5.99. The molecule has 1 aliphatic rings. The van der Waals surface area contributed by atoms with Crippen LogP contribution in [0.15, 0.2) is 24.3 Å². The number of nitrogens with zero attached hydrogens (tertiary/aromatic N) is 1. The van der Waals surface area contributed by atoms with Crippen molar-refractivity contribution in [2.45, 2.75) is 31.7 Å². The molecule has 0 bridgehead atoms. The van der Waals surface area contributed by atoms with Crippen molar-refractivity contribution >= 4 is 17.7 Å². The maximum absolute atomic E-state index is 12.8. The first-order valence-electron chi connectivity index (χ1n) is 8.20. The topological polar surface area (TPSA) is 119 Å². The van der Waals surface area contributed by atoms with Crippen molar-refractivity contribution in [2.75, 3.05) is 19.6 Å². The van der Waals surface area contributed by atoms with Crippen LogP contribution in [0.3, 0.4) is 0 Å². The van der Waals surface area contributed by atoms with E-state index in [-0.39, 0.29) is 24.3 Å². The molecule has 0 saturated carbocycles. The number of piperidine rings is 1. The molecule has 1 saturated heterocycles. The van der Waals surface area contributed by atoms with Gasteiger partial charge in [-0.3, -0.25) is 14.4 Å². The smallest absolute Gasteiger partial charge is 0.254 e. The van der Waals surface area contributed by atoms with E-state index in [0.717, 1.165) is 19.3 Å². The Hall–Kier alpha value is -2.41. The highest BCUT2D eigenvalue weighted by Gasteiger charge is 2.28. The fraction of sp³-hybridized carbons (Fsp3) is 0.471. The molecule has 0 aromatic heterocycles. The van der Waals surface area contributed by atoms with Crippen LogP contribution in [-0.2, 0) is 4.79 Å². The van der Waals surface area contributed by atoms with Gasteiger partial charge in [-0.2, -0.15) is 0 Å². The number of hydrogen-bond acceptors (Lipinski definition) is 4. The summed E-state index contributed by atoms with van der Waals surface area (Å²) >= 11 is 0. The zero-order valence-corrected chi connectivity index (χ0v) is 13.7. The number of rotatable bonds is 6. The molecule has 0 spiro atoms. The predicted octanol–water partition coefficient (Wildman–Crippen LogP) is 0.245. The van der Waals surface area contributed by atoms with Gasteiger partial charge in [0.05, 0.1) is 0 Å². The Kier molecular flexibility index (Phi) is 6.31. The molecule has 1 aliphatic heterocycles. The van der Waals surface area contributed by atoms with Gasteiger partial charge in [0.25, 0.3) is 5.91 Å². The second-order valence-electron chi connectivity index (χ2n) is 5.94. The van der Waals surface area contributed by atoms with Crippen LogP contribution in [0.1, 0.15) is 46.4 Å². The summed E-state index contributed by atoms with van der Waals surface area (Å²) in [6.07, 6.45) is 3.06. The van der Waals surface area contributed by atoms with Gasteiger partial charge in [0, 0.05) is 43.2 Å². The molecule has 5 N–H and O–H groups in total. The third kappa shape index (κ3) is 4.55. The molecule has 0 radical (unpaired) electrons. The molecule has 1 aromatic carbocycles. The van der Waals surface area contributed by atoms with E-state index in [1.165, 1.54) is 6.07 Å². The number of amides is 3. The minimum atomic E-state index is -0.561. The van der Waals surface area contributed by atoms with Crippen LogP contribution in [0.4, 0.5) is 0 Å². The number of carbonyl (C=O) groups excluding carboxylic acids is 3. The van der Waals surface area contributed by atoms with Crippen LogP contribution in [0.2, 0.25) is 0 Å². The first-order chi connectivity index (χ1) is 11.5. The lowest BCUT2D eigenvalue weighted by atomic mass is 10.00. The summed E-state index contributed by atoms with van der Waals surface area (Å²) in [5.41, 5.74) is 11.4. The van der Waals surface area contributed by atoms with Crippen LogP contribution in [0, 0.1) is 0 Å². The molecule has 1 heterocycles. The van der Waals surface area contributed by atoms with Gasteiger partial charge >= 0.3 is 0 Å². The summed E-state index contributed by atoms with van der Waals surface area (Å²) in [4.78, 5) is 37.5. The van der Waals surface area contributed by atoms with E-state index in [0.29, 0.717) is 30.8 Å². The average molecular weight is 332 g/mol. The SMILES string of the molecule is NCCC(=O)NCC1CCCCN1C(=O)c1cccc(C(N)=O)c1.